The average Bonchev–Trinajstić information content (AvgIpc) is 2.79. The smallest absolute Gasteiger partial charge is 0.267 e. The summed E-state index contributed by atoms with van der Waals surface area (Å²) in [5, 5.41) is 3.93. The largest absolute Gasteiger partial charge is 0.397 e. The van der Waals surface area contributed by atoms with Crippen LogP contribution in [0.5, 0.6) is 0 Å². The molecule has 1 unspecified atom stereocenters. The second-order valence-electron chi connectivity index (χ2n) is 6.47. The lowest BCUT2D eigenvalue weighted by Gasteiger charge is -2.27. The highest BCUT2D eigenvalue weighted by Crippen LogP contribution is 2.25. The van der Waals surface area contributed by atoms with Crippen molar-refractivity contribution in [3.63, 3.8) is 0 Å². The molecule has 0 fully saturated rings. The Kier molecular flexibility index (Phi) is 3.75. The fraction of sp³-hybridized carbons (Fsp3) is 0.438. The number of fused-ring (bicyclic) bond motifs is 1. The molecule has 1 amide bonds. The first-order valence-electron chi connectivity index (χ1n) is 6.94. The SMILES string of the molecule is CC(CNC(=O)c1cc2cccc(N)c2[nH]1)C(C)(C)C. The third-order valence-electron chi connectivity index (χ3n) is 3.98. The lowest BCUT2D eigenvalue weighted by atomic mass is 9.82. The van der Waals surface area contributed by atoms with Crippen LogP contribution in [0, 0.1) is 11.3 Å². The first-order chi connectivity index (χ1) is 9.29. The third kappa shape index (κ3) is 2.95. The number of benzene rings is 1. The maximum absolute atomic E-state index is 12.2. The van der Waals surface area contributed by atoms with Gasteiger partial charge in [0.15, 0.2) is 0 Å². The van der Waals surface area contributed by atoms with E-state index in [1.54, 1.807) is 0 Å². The Labute approximate surface area is 119 Å². The predicted molar refractivity (Wildman–Crippen MR) is 83.7 cm³/mol. The average molecular weight is 273 g/mol. The van der Waals surface area contributed by atoms with Gasteiger partial charge in [-0.15, -0.1) is 0 Å². The minimum Gasteiger partial charge on any atom is -0.397 e. The molecule has 0 spiro atoms. The lowest BCUT2D eigenvalue weighted by Crippen LogP contribution is -2.33. The maximum atomic E-state index is 12.2. The molecule has 1 atom stereocenters. The second kappa shape index (κ2) is 5.19. The molecule has 0 aliphatic rings. The van der Waals surface area contributed by atoms with Gasteiger partial charge in [0.05, 0.1) is 11.2 Å². The van der Waals surface area contributed by atoms with Gasteiger partial charge in [0.25, 0.3) is 5.91 Å². The van der Waals surface area contributed by atoms with Crippen LogP contribution in [0.15, 0.2) is 24.3 Å². The third-order valence-corrected chi connectivity index (χ3v) is 3.98. The van der Waals surface area contributed by atoms with Crippen molar-refractivity contribution in [3.8, 4) is 0 Å². The molecule has 1 aromatic heterocycles. The lowest BCUT2D eigenvalue weighted by molar-refractivity contribution is 0.0933. The van der Waals surface area contributed by atoms with E-state index in [0.29, 0.717) is 23.8 Å². The fourth-order valence-electron chi connectivity index (χ4n) is 1.95. The van der Waals surface area contributed by atoms with Crippen LogP contribution >= 0.6 is 0 Å². The zero-order valence-electron chi connectivity index (χ0n) is 12.6. The molecular weight excluding hydrogens is 250 g/mol. The van der Waals surface area contributed by atoms with E-state index < -0.39 is 0 Å². The Bertz CT molecular complexity index is 622. The molecule has 1 aromatic carbocycles. The Morgan fingerprint density at radius 1 is 1.40 bits per heavy atom. The van der Waals surface area contributed by atoms with Crippen LogP contribution in [-0.2, 0) is 0 Å². The van der Waals surface area contributed by atoms with E-state index in [1.165, 1.54) is 0 Å². The number of nitrogens with one attached hydrogen (secondary N) is 2. The van der Waals surface area contributed by atoms with Gasteiger partial charge < -0.3 is 16.0 Å². The van der Waals surface area contributed by atoms with E-state index >= 15 is 0 Å². The van der Waals surface area contributed by atoms with E-state index in [0.717, 1.165) is 10.9 Å². The molecule has 2 rings (SSSR count). The van der Waals surface area contributed by atoms with Gasteiger partial charge in [0, 0.05) is 11.9 Å². The number of para-hydroxylation sites is 1. The predicted octanol–water partition coefficient (Wildman–Crippen LogP) is 3.16. The molecule has 0 radical (unpaired) electrons. The van der Waals surface area contributed by atoms with Crippen molar-refractivity contribution in [2.24, 2.45) is 11.3 Å². The van der Waals surface area contributed by atoms with Gasteiger partial charge in [0.2, 0.25) is 0 Å². The van der Waals surface area contributed by atoms with Gasteiger partial charge in [-0.2, -0.15) is 0 Å². The fourth-order valence-corrected chi connectivity index (χ4v) is 1.95. The topological polar surface area (TPSA) is 70.9 Å². The molecule has 4 heteroatoms. The number of carbonyl (C=O) groups excluding carboxylic acids is 1. The second-order valence-corrected chi connectivity index (χ2v) is 6.47. The van der Waals surface area contributed by atoms with Gasteiger partial charge in [-0.3, -0.25) is 4.79 Å². The number of aromatic nitrogens is 1. The molecule has 108 valence electrons. The van der Waals surface area contributed by atoms with Gasteiger partial charge in [-0.1, -0.05) is 39.8 Å². The summed E-state index contributed by atoms with van der Waals surface area (Å²) in [4.78, 5) is 15.3. The highest BCUT2D eigenvalue weighted by Gasteiger charge is 2.21. The number of rotatable bonds is 3. The van der Waals surface area contributed by atoms with Crippen molar-refractivity contribution in [1.82, 2.24) is 10.3 Å². The van der Waals surface area contributed by atoms with Crippen molar-refractivity contribution in [3.05, 3.63) is 30.0 Å². The number of hydrogen-bond acceptors (Lipinski definition) is 2. The van der Waals surface area contributed by atoms with E-state index in [-0.39, 0.29) is 11.3 Å². The highest BCUT2D eigenvalue weighted by atomic mass is 16.1. The van der Waals surface area contributed by atoms with Gasteiger partial charge in [-0.25, -0.2) is 0 Å². The molecule has 0 aliphatic carbocycles. The van der Waals surface area contributed by atoms with E-state index in [9.17, 15) is 4.79 Å². The number of amides is 1. The minimum atomic E-state index is -0.0864. The number of hydrogen-bond donors (Lipinski definition) is 3. The summed E-state index contributed by atoms with van der Waals surface area (Å²) in [6.07, 6.45) is 0. The zero-order chi connectivity index (χ0) is 14.9. The van der Waals surface area contributed by atoms with Crippen LogP contribution in [0.25, 0.3) is 10.9 Å². The summed E-state index contributed by atoms with van der Waals surface area (Å²) < 4.78 is 0. The van der Waals surface area contributed by atoms with Crippen LogP contribution in [-0.4, -0.2) is 17.4 Å². The van der Waals surface area contributed by atoms with Crippen molar-refractivity contribution >= 4 is 22.5 Å². The van der Waals surface area contributed by atoms with Crippen molar-refractivity contribution < 1.29 is 4.79 Å². The number of anilines is 1. The van der Waals surface area contributed by atoms with Gasteiger partial charge in [-0.05, 0) is 23.5 Å². The molecule has 1 heterocycles. The number of nitrogen functional groups attached to an aromatic ring is 1. The van der Waals surface area contributed by atoms with Gasteiger partial charge in [0.1, 0.15) is 5.69 Å². The van der Waals surface area contributed by atoms with Crippen LogP contribution in [0.4, 0.5) is 5.69 Å². The monoisotopic (exact) mass is 273 g/mol. The van der Waals surface area contributed by atoms with Crippen LogP contribution < -0.4 is 11.1 Å². The van der Waals surface area contributed by atoms with E-state index in [1.807, 2.05) is 24.3 Å². The van der Waals surface area contributed by atoms with Crippen molar-refractivity contribution in [1.29, 1.82) is 0 Å². The first-order valence-corrected chi connectivity index (χ1v) is 6.94. The van der Waals surface area contributed by atoms with Crippen LogP contribution in [0.2, 0.25) is 0 Å². The Morgan fingerprint density at radius 2 is 2.10 bits per heavy atom. The molecule has 20 heavy (non-hydrogen) atoms. The summed E-state index contributed by atoms with van der Waals surface area (Å²) in [5.41, 5.74) is 8.10. The summed E-state index contributed by atoms with van der Waals surface area (Å²) in [7, 11) is 0. The summed E-state index contributed by atoms with van der Waals surface area (Å²) in [5.74, 6) is 0.317. The highest BCUT2D eigenvalue weighted by molar-refractivity contribution is 6.00. The summed E-state index contributed by atoms with van der Waals surface area (Å²) >= 11 is 0. The number of aromatic amines is 1. The van der Waals surface area contributed by atoms with Crippen molar-refractivity contribution in [2.75, 3.05) is 12.3 Å². The first kappa shape index (κ1) is 14.4. The maximum Gasteiger partial charge on any atom is 0.267 e. The number of nitrogens with two attached hydrogens (primary N) is 1. The minimum absolute atomic E-state index is 0.0864. The Hall–Kier alpha value is -1.97. The molecule has 2 aromatic rings. The molecule has 0 bridgehead atoms. The standard InChI is InChI=1S/C16H23N3O/c1-10(16(2,3)4)9-18-15(20)13-8-11-6-5-7-12(17)14(11)19-13/h5-8,10,19H,9,17H2,1-4H3,(H,18,20). The molecule has 0 saturated carbocycles. The van der Waals surface area contributed by atoms with Crippen LogP contribution in [0.1, 0.15) is 38.2 Å². The zero-order valence-corrected chi connectivity index (χ0v) is 12.6. The Morgan fingerprint density at radius 3 is 2.70 bits per heavy atom. The van der Waals surface area contributed by atoms with Crippen molar-refractivity contribution in [2.45, 2.75) is 27.7 Å². The van der Waals surface area contributed by atoms with E-state index in [4.69, 9.17) is 5.73 Å². The molecule has 0 saturated heterocycles. The summed E-state index contributed by atoms with van der Waals surface area (Å²) in [6, 6.07) is 7.48. The van der Waals surface area contributed by atoms with Gasteiger partial charge >= 0.3 is 0 Å². The molecule has 4 N–H and O–H groups in total. The number of carbonyl (C=O) groups is 1. The summed E-state index contributed by atoms with van der Waals surface area (Å²) in [6.45, 7) is 9.32. The van der Waals surface area contributed by atoms with Crippen LogP contribution in [0.3, 0.4) is 0 Å². The molecule has 0 aliphatic heterocycles. The molecular formula is C16H23N3O. The number of H-pyrrole nitrogens is 1. The quantitative estimate of drug-likeness (QED) is 0.752. The Balaban J connectivity index is 2.10. The normalized spacial score (nSPS) is 13.4. The molecule has 4 nitrogen and oxygen atoms in total. The van der Waals surface area contributed by atoms with E-state index in [2.05, 4.69) is 38.0 Å².